The van der Waals surface area contributed by atoms with Gasteiger partial charge in [-0.2, -0.15) is 0 Å². The normalized spacial score (nSPS) is 20.8. The number of carbonyl (C=O) groups is 1. The van der Waals surface area contributed by atoms with Crippen LogP contribution in [-0.2, 0) is 21.2 Å². The number of ether oxygens (including phenoxy) is 2. The second kappa shape index (κ2) is 9.68. The summed E-state index contributed by atoms with van der Waals surface area (Å²) in [5.41, 5.74) is 1.89. The van der Waals surface area contributed by atoms with Gasteiger partial charge in [0.25, 0.3) is 0 Å². The van der Waals surface area contributed by atoms with Crippen molar-refractivity contribution in [1.82, 2.24) is 10.0 Å². The van der Waals surface area contributed by atoms with E-state index in [1.807, 2.05) is 31.2 Å². The first-order valence-electron chi connectivity index (χ1n) is 10.9. The molecule has 1 aliphatic carbocycles. The van der Waals surface area contributed by atoms with Crippen LogP contribution in [0.3, 0.4) is 0 Å². The Kier molecular flexibility index (Phi) is 6.89. The topological polar surface area (TPSA) is 134 Å². The summed E-state index contributed by atoms with van der Waals surface area (Å²) in [6.45, 7) is 1.62. The third-order valence-electron chi connectivity index (χ3n) is 6.09. The van der Waals surface area contributed by atoms with Crippen molar-refractivity contribution in [1.29, 1.82) is 0 Å². The van der Waals surface area contributed by atoms with Crippen LogP contribution in [0.5, 0.6) is 11.5 Å². The van der Waals surface area contributed by atoms with E-state index < -0.39 is 34.2 Å². The van der Waals surface area contributed by atoms with Crippen LogP contribution < -0.4 is 19.5 Å². The molecule has 33 heavy (non-hydrogen) atoms. The second-order valence-corrected chi connectivity index (χ2v) is 10.1. The van der Waals surface area contributed by atoms with Crippen molar-refractivity contribution in [3.05, 3.63) is 53.6 Å². The fraction of sp³-hybridized carbons (Fsp3) is 0.435. The molecule has 0 aromatic heterocycles. The van der Waals surface area contributed by atoms with E-state index in [0.717, 1.165) is 11.1 Å². The summed E-state index contributed by atoms with van der Waals surface area (Å²) in [5.74, 6) is 0.00328. The molecule has 0 bridgehead atoms. The minimum atomic E-state index is -3.88. The van der Waals surface area contributed by atoms with E-state index in [1.54, 1.807) is 0 Å². The third-order valence-corrected chi connectivity index (χ3v) is 7.51. The van der Waals surface area contributed by atoms with E-state index in [-0.39, 0.29) is 30.6 Å². The molecule has 0 saturated carbocycles. The molecule has 0 fully saturated rings. The molecule has 2 aliphatic rings. The summed E-state index contributed by atoms with van der Waals surface area (Å²) in [6, 6.07) is 11.4. The summed E-state index contributed by atoms with van der Waals surface area (Å²) in [7, 11) is -3.88. The van der Waals surface area contributed by atoms with Crippen molar-refractivity contribution in [2.24, 2.45) is 5.92 Å². The highest BCUT2D eigenvalue weighted by atomic mass is 32.2. The lowest BCUT2D eigenvalue weighted by Gasteiger charge is -2.23. The summed E-state index contributed by atoms with van der Waals surface area (Å²) in [4.78, 5) is 12.9. The minimum absolute atomic E-state index is 0.00220. The Bertz CT molecular complexity index is 1120. The van der Waals surface area contributed by atoms with Gasteiger partial charge < -0.3 is 25.0 Å². The number of hydrogen-bond donors (Lipinski definition) is 4. The predicted molar refractivity (Wildman–Crippen MR) is 119 cm³/mol. The molecular formula is C23H28N2O7S. The Balaban J connectivity index is 1.33. The quantitative estimate of drug-likeness (QED) is 0.428. The lowest BCUT2D eigenvalue weighted by atomic mass is 9.96. The summed E-state index contributed by atoms with van der Waals surface area (Å²) in [6.07, 6.45) is -0.756. The molecule has 4 N–H and O–H groups in total. The molecule has 1 aliphatic heterocycles. The van der Waals surface area contributed by atoms with Crippen LogP contribution in [0.15, 0.2) is 47.4 Å². The summed E-state index contributed by atoms with van der Waals surface area (Å²) < 4.78 is 37.9. The van der Waals surface area contributed by atoms with Crippen molar-refractivity contribution in [2.75, 3.05) is 13.3 Å². The average Bonchev–Trinajstić information content (AvgIpc) is 3.39. The minimum Gasteiger partial charge on any atom is -0.454 e. The fourth-order valence-corrected chi connectivity index (χ4v) is 5.31. The Morgan fingerprint density at radius 3 is 2.73 bits per heavy atom. The molecule has 178 valence electrons. The molecule has 0 radical (unpaired) electrons. The van der Waals surface area contributed by atoms with Crippen LogP contribution in [0.1, 0.15) is 36.9 Å². The van der Waals surface area contributed by atoms with Gasteiger partial charge >= 0.3 is 0 Å². The van der Waals surface area contributed by atoms with Crippen molar-refractivity contribution >= 4 is 15.9 Å². The Morgan fingerprint density at radius 2 is 1.94 bits per heavy atom. The summed E-state index contributed by atoms with van der Waals surface area (Å²) >= 11 is 0. The number of aliphatic hydroxyl groups is 2. The van der Waals surface area contributed by atoms with Gasteiger partial charge in [0.2, 0.25) is 22.7 Å². The second-order valence-electron chi connectivity index (χ2n) is 8.32. The molecule has 0 saturated heterocycles. The monoisotopic (exact) mass is 476 g/mol. The number of rotatable bonds is 9. The van der Waals surface area contributed by atoms with Crippen molar-refractivity contribution in [3.63, 3.8) is 0 Å². The standard InChI is InChI=1S/C23H28N2O7S/c1-2-14(23(28)25-22-18-6-4-3-5-15(18)10-19(22)27)9-16(26)12-24-33(29,30)17-7-8-20-21(11-17)32-13-31-20/h3-8,11,14,16,19,22,24,26-27H,2,9-10,12-13H2,1H3,(H,25,28). The SMILES string of the molecule is CCC(CC(O)CNS(=O)(=O)c1ccc2c(c1)OCO2)C(=O)NC1c2ccccc2CC1O. The number of fused-ring (bicyclic) bond motifs is 2. The van der Waals surface area contributed by atoms with Gasteiger partial charge in [0.1, 0.15) is 0 Å². The van der Waals surface area contributed by atoms with Crippen LogP contribution in [0.4, 0.5) is 0 Å². The van der Waals surface area contributed by atoms with Crippen LogP contribution in [0.25, 0.3) is 0 Å². The van der Waals surface area contributed by atoms with E-state index in [4.69, 9.17) is 9.47 Å². The average molecular weight is 477 g/mol. The molecule has 1 heterocycles. The molecule has 2 aromatic carbocycles. The number of benzene rings is 2. The molecule has 0 spiro atoms. The van der Waals surface area contributed by atoms with E-state index in [0.29, 0.717) is 24.3 Å². The Labute approximate surface area is 192 Å². The highest BCUT2D eigenvalue weighted by molar-refractivity contribution is 7.89. The molecule has 4 unspecified atom stereocenters. The van der Waals surface area contributed by atoms with Crippen LogP contribution in [0.2, 0.25) is 0 Å². The lowest BCUT2D eigenvalue weighted by Crippen LogP contribution is -2.40. The molecular weight excluding hydrogens is 448 g/mol. The maximum atomic E-state index is 12.9. The number of amides is 1. The molecule has 4 rings (SSSR count). The highest BCUT2D eigenvalue weighted by Crippen LogP contribution is 2.34. The first-order valence-corrected chi connectivity index (χ1v) is 12.4. The molecule has 1 amide bonds. The van der Waals surface area contributed by atoms with Crippen LogP contribution in [-0.4, -0.2) is 50.1 Å². The van der Waals surface area contributed by atoms with E-state index >= 15 is 0 Å². The molecule has 4 atom stereocenters. The zero-order valence-electron chi connectivity index (χ0n) is 18.2. The van der Waals surface area contributed by atoms with Gasteiger partial charge in [0.05, 0.1) is 23.1 Å². The van der Waals surface area contributed by atoms with Crippen molar-refractivity contribution in [3.8, 4) is 11.5 Å². The third kappa shape index (κ3) is 5.14. The number of carbonyl (C=O) groups excluding carboxylic acids is 1. The van der Waals surface area contributed by atoms with Gasteiger partial charge in [-0.25, -0.2) is 13.1 Å². The van der Waals surface area contributed by atoms with Crippen LogP contribution in [0, 0.1) is 5.92 Å². The molecule has 10 heteroatoms. The van der Waals surface area contributed by atoms with E-state index in [9.17, 15) is 23.4 Å². The number of hydrogen-bond acceptors (Lipinski definition) is 7. The van der Waals surface area contributed by atoms with Gasteiger partial charge in [-0.15, -0.1) is 0 Å². The molecule has 2 aromatic rings. The first kappa shape index (κ1) is 23.5. The van der Waals surface area contributed by atoms with Crippen LogP contribution >= 0.6 is 0 Å². The van der Waals surface area contributed by atoms with Gasteiger partial charge in [-0.05, 0) is 36.1 Å². The van der Waals surface area contributed by atoms with E-state index in [2.05, 4.69) is 10.0 Å². The smallest absolute Gasteiger partial charge is 0.240 e. The fourth-order valence-electron chi connectivity index (χ4n) is 4.22. The zero-order chi connectivity index (χ0) is 23.6. The first-order chi connectivity index (χ1) is 15.8. The zero-order valence-corrected chi connectivity index (χ0v) is 19.0. The largest absolute Gasteiger partial charge is 0.454 e. The Morgan fingerprint density at radius 1 is 1.18 bits per heavy atom. The predicted octanol–water partition coefficient (Wildman–Crippen LogP) is 1.25. The summed E-state index contributed by atoms with van der Waals surface area (Å²) in [5, 5.41) is 23.7. The van der Waals surface area contributed by atoms with Gasteiger partial charge in [-0.1, -0.05) is 31.2 Å². The van der Waals surface area contributed by atoms with Crippen molar-refractivity contribution in [2.45, 2.75) is 49.3 Å². The number of aliphatic hydroxyl groups excluding tert-OH is 2. The van der Waals surface area contributed by atoms with Gasteiger partial charge in [0, 0.05) is 24.9 Å². The maximum absolute atomic E-state index is 12.9. The maximum Gasteiger partial charge on any atom is 0.240 e. The lowest BCUT2D eigenvalue weighted by molar-refractivity contribution is -0.127. The number of nitrogens with one attached hydrogen (secondary N) is 2. The van der Waals surface area contributed by atoms with Gasteiger partial charge in [-0.3, -0.25) is 4.79 Å². The van der Waals surface area contributed by atoms with E-state index in [1.165, 1.54) is 18.2 Å². The highest BCUT2D eigenvalue weighted by Gasteiger charge is 2.33. The number of sulfonamides is 1. The van der Waals surface area contributed by atoms with Gasteiger partial charge in [0.15, 0.2) is 11.5 Å². The van der Waals surface area contributed by atoms with Crippen molar-refractivity contribution < 1.29 is 32.9 Å². The Hall–Kier alpha value is -2.66. The molecule has 9 nitrogen and oxygen atoms in total.